The van der Waals surface area contributed by atoms with Crippen molar-refractivity contribution in [3.63, 3.8) is 0 Å². The highest BCUT2D eigenvalue weighted by molar-refractivity contribution is 9.10. The van der Waals surface area contributed by atoms with Crippen LogP contribution < -0.4 is 5.32 Å². The molecule has 0 aliphatic carbocycles. The number of nitrogens with zero attached hydrogens (tertiary/aromatic N) is 2. The third-order valence-corrected chi connectivity index (χ3v) is 2.90. The third-order valence-electron chi connectivity index (χ3n) is 2.45. The van der Waals surface area contributed by atoms with Crippen LogP contribution in [0.5, 0.6) is 0 Å². The summed E-state index contributed by atoms with van der Waals surface area (Å²) in [7, 11) is 1.86. The van der Waals surface area contributed by atoms with E-state index in [1.54, 1.807) is 16.9 Å². The van der Waals surface area contributed by atoms with Crippen LogP contribution in [-0.2, 0) is 13.6 Å². The Hall–Kier alpha value is -1.56. The van der Waals surface area contributed by atoms with Gasteiger partial charge in [0.1, 0.15) is 5.69 Å². The lowest BCUT2D eigenvalue weighted by atomic mass is 10.2. The van der Waals surface area contributed by atoms with Crippen LogP contribution in [0, 0.1) is 6.92 Å². The zero-order chi connectivity index (χ0) is 12.4. The summed E-state index contributed by atoms with van der Waals surface area (Å²) >= 11 is 3.29. The summed E-state index contributed by atoms with van der Waals surface area (Å²) in [6.45, 7) is 2.40. The van der Waals surface area contributed by atoms with Gasteiger partial charge in [0.2, 0.25) is 0 Å². The van der Waals surface area contributed by atoms with Gasteiger partial charge in [-0.25, -0.2) is 0 Å². The molecule has 0 unspecified atom stereocenters. The zero-order valence-corrected chi connectivity index (χ0v) is 11.2. The Balaban J connectivity index is 1.99. The van der Waals surface area contributed by atoms with Crippen molar-refractivity contribution in [2.45, 2.75) is 13.5 Å². The largest absolute Gasteiger partial charge is 0.356 e. The van der Waals surface area contributed by atoms with Crippen LogP contribution >= 0.6 is 15.9 Å². The Bertz CT molecular complexity index is 543. The average molecular weight is 297 g/mol. The van der Waals surface area contributed by atoms with Crippen LogP contribution in [0.2, 0.25) is 0 Å². The fraction of sp³-hybridized carbons (Fsp3) is 0.273. The van der Waals surface area contributed by atoms with Crippen LogP contribution in [-0.4, -0.2) is 20.7 Å². The topological polar surface area (TPSA) is 62.7 Å². The van der Waals surface area contributed by atoms with E-state index in [0.29, 0.717) is 12.2 Å². The number of amides is 1. The Morgan fingerprint density at radius 1 is 1.65 bits per heavy atom. The second kappa shape index (κ2) is 4.75. The number of halogens is 1. The summed E-state index contributed by atoms with van der Waals surface area (Å²) in [6.07, 6.45) is 3.63. The molecule has 0 aliphatic rings. The smallest absolute Gasteiger partial charge is 0.268 e. The van der Waals surface area contributed by atoms with Gasteiger partial charge in [-0.05, 0) is 28.9 Å². The summed E-state index contributed by atoms with van der Waals surface area (Å²) in [5, 5.41) is 7.05. The molecule has 90 valence electrons. The molecule has 17 heavy (non-hydrogen) atoms. The molecule has 2 aromatic rings. The van der Waals surface area contributed by atoms with Crippen molar-refractivity contribution in [3.8, 4) is 0 Å². The lowest BCUT2D eigenvalue weighted by Gasteiger charge is -2.02. The van der Waals surface area contributed by atoms with E-state index < -0.39 is 0 Å². The minimum absolute atomic E-state index is 0.126. The minimum Gasteiger partial charge on any atom is -0.356 e. The molecule has 0 spiro atoms. The van der Waals surface area contributed by atoms with Crippen molar-refractivity contribution < 1.29 is 4.79 Å². The molecule has 0 aliphatic heterocycles. The van der Waals surface area contributed by atoms with Gasteiger partial charge in [0, 0.05) is 36.0 Å². The summed E-state index contributed by atoms with van der Waals surface area (Å²) in [5.74, 6) is -0.126. The van der Waals surface area contributed by atoms with Crippen molar-refractivity contribution in [3.05, 3.63) is 39.9 Å². The quantitative estimate of drug-likeness (QED) is 0.906. The van der Waals surface area contributed by atoms with Crippen LogP contribution in [0.1, 0.15) is 21.7 Å². The predicted molar refractivity (Wildman–Crippen MR) is 67.6 cm³/mol. The molecule has 0 radical (unpaired) electrons. The second-order valence-electron chi connectivity index (χ2n) is 3.83. The maximum atomic E-state index is 11.8. The maximum Gasteiger partial charge on any atom is 0.268 e. The fourth-order valence-corrected chi connectivity index (χ4v) is 1.94. The first-order chi connectivity index (χ1) is 8.06. The number of rotatable bonds is 3. The fourth-order valence-electron chi connectivity index (χ4n) is 1.59. The SMILES string of the molecule is Cc1nn(C)cc1CNC(=O)c1cc(Br)c[nH]1. The first kappa shape index (κ1) is 11.9. The summed E-state index contributed by atoms with van der Waals surface area (Å²) in [4.78, 5) is 14.6. The Labute approximate surface area is 107 Å². The third kappa shape index (κ3) is 2.76. The van der Waals surface area contributed by atoms with Crippen molar-refractivity contribution in [2.75, 3.05) is 0 Å². The Morgan fingerprint density at radius 3 is 2.94 bits per heavy atom. The number of H-pyrrole nitrogens is 1. The molecular formula is C11H13BrN4O. The van der Waals surface area contributed by atoms with E-state index in [1.165, 1.54) is 0 Å². The van der Waals surface area contributed by atoms with Gasteiger partial charge in [-0.3, -0.25) is 9.48 Å². The molecule has 2 N–H and O–H groups in total. The predicted octanol–water partition coefficient (Wildman–Crippen LogP) is 1.75. The number of carbonyl (C=O) groups excluding carboxylic acids is 1. The van der Waals surface area contributed by atoms with Gasteiger partial charge in [0.05, 0.1) is 5.69 Å². The van der Waals surface area contributed by atoms with E-state index in [2.05, 4.69) is 31.3 Å². The molecule has 2 aromatic heterocycles. The van der Waals surface area contributed by atoms with E-state index >= 15 is 0 Å². The number of carbonyl (C=O) groups is 1. The van der Waals surface area contributed by atoms with Crippen molar-refractivity contribution in [2.24, 2.45) is 7.05 Å². The lowest BCUT2D eigenvalue weighted by Crippen LogP contribution is -2.23. The van der Waals surface area contributed by atoms with Gasteiger partial charge in [-0.2, -0.15) is 5.10 Å². The molecule has 2 heterocycles. The standard InChI is InChI=1S/C11H13BrN4O/c1-7-8(6-16(2)15-7)4-14-11(17)10-3-9(12)5-13-10/h3,5-6,13H,4H2,1-2H3,(H,14,17). The highest BCUT2D eigenvalue weighted by Crippen LogP contribution is 2.10. The van der Waals surface area contributed by atoms with Crippen LogP contribution in [0.4, 0.5) is 0 Å². The van der Waals surface area contributed by atoms with E-state index in [1.807, 2.05) is 20.2 Å². The van der Waals surface area contributed by atoms with Crippen molar-refractivity contribution in [1.82, 2.24) is 20.1 Å². The molecule has 2 rings (SSSR count). The summed E-state index contributed by atoms with van der Waals surface area (Å²) in [6, 6.07) is 1.74. The number of nitrogens with one attached hydrogen (secondary N) is 2. The number of aromatic amines is 1. The number of hydrogen-bond acceptors (Lipinski definition) is 2. The monoisotopic (exact) mass is 296 g/mol. The van der Waals surface area contributed by atoms with E-state index in [-0.39, 0.29) is 5.91 Å². The minimum atomic E-state index is -0.126. The molecule has 0 atom stereocenters. The molecule has 0 bridgehead atoms. The Morgan fingerprint density at radius 2 is 2.41 bits per heavy atom. The summed E-state index contributed by atoms with van der Waals surface area (Å²) in [5.41, 5.74) is 2.49. The molecular weight excluding hydrogens is 284 g/mol. The first-order valence-electron chi connectivity index (χ1n) is 5.17. The molecule has 1 amide bonds. The molecule has 6 heteroatoms. The number of aryl methyl sites for hydroxylation is 2. The average Bonchev–Trinajstić information content (AvgIpc) is 2.82. The highest BCUT2D eigenvalue weighted by Gasteiger charge is 2.09. The molecule has 0 saturated heterocycles. The molecule has 5 nitrogen and oxygen atoms in total. The lowest BCUT2D eigenvalue weighted by molar-refractivity contribution is 0.0946. The van der Waals surface area contributed by atoms with Crippen molar-refractivity contribution in [1.29, 1.82) is 0 Å². The van der Waals surface area contributed by atoms with Gasteiger partial charge in [-0.15, -0.1) is 0 Å². The molecule has 0 fully saturated rings. The van der Waals surface area contributed by atoms with Gasteiger partial charge in [-0.1, -0.05) is 0 Å². The molecule has 0 saturated carbocycles. The van der Waals surface area contributed by atoms with Crippen LogP contribution in [0.3, 0.4) is 0 Å². The van der Waals surface area contributed by atoms with E-state index in [4.69, 9.17) is 0 Å². The normalized spacial score (nSPS) is 10.5. The van der Waals surface area contributed by atoms with E-state index in [0.717, 1.165) is 15.7 Å². The van der Waals surface area contributed by atoms with Gasteiger partial charge in [0.15, 0.2) is 0 Å². The first-order valence-corrected chi connectivity index (χ1v) is 5.97. The summed E-state index contributed by atoms with van der Waals surface area (Å²) < 4.78 is 2.60. The van der Waals surface area contributed by atoms with Gasteiger partial charge in [0.25, 0.3) is 5.91 Å². The van der Waals surface area contributed by atoms with Crippen molar-refractivity contribution >= 4 is 21.8 Å². The number of hydrogen-bond donors (Lipinski definition) is 2. The second-order valence-corrected chi connectivity index (χ2v) is 4.74. The highest BCUT2D eigenvalue weighted by atomic mass is 79.9. The van der Waals surface area contributed by atoms with Crippen LogP contribution in [0.15, 0.2) is 22.9 Å². The van der Waals surface area contributed by atoms with Gasteiger partial charge < -0.3 is 10.3 Å². The maximum absolute atomic E-state index is 11.8. The zero-order valence-electron chi connectivity index (χ0n) is 9.62. The Kier molecular flexibility index (Phi) is 3.33. The van der Waals surface area contributed by atoms with Crippen LogP contribution in [0.25, 0.3) is 0 Å². The molecule has 0 aromatic carbocycles. The van der Waals surface area contributed by atoms with E-state index in [9.17, 15) is 4.79 Å². The number of aromatic nitrogens is 3. The van der Waals surface area contributed by atoms with Gasteiger partial charge >= 0.3 is 0 Å².